The predicted octanol–water partition coefficient (Wildman–Crippen LogP) is 2.52. The fourth-order valence-corrected chi connectivity index (χ4v) is 3.88. The second kappa shape index (κ2) is 5.76. The van der Waals surface area contributed by atoms with Crippen LogP contribution in [0.4, 0.5) is 0 Å². The molecular weight excluding hydrogens is 328 g/mol. The molecule has 0 bridgehead atoms. The van der Waals surface area contributed by atoms with Crippen LogP contribution in [0.2, 0.25) is 0 Å². The molecule has 124 valence electrons. The van der Waals surface area contributed by atoms with Gasteiger partial charge in [0.05, 0.1) is 22.5 Å². The molecule has 3 aromatic rings. The number of carboxylic acids is 1. The standard InChI is InChI=1S/C17H16N2O4S/c1-11-3-6-14(7-4-11)24(22,23)19-16-9-13(10-17(20)21)5-8-15(16)12(2)18-19/h3-9H,10H2,1-2H3,(H,20,21). The molecule has 6 nitrogen and oxygen atoms in total. The first-order chi connectivity index (χ1) is 11.3. The maximum Gasteiger partial charge on any atom is 0.307 e. The number of benzene rings is 2. The van der Waals surface area contributed by atoms with Gasteiger partial charge in [-0.25, -0.2) is 0 Å². The van der Waals surface area contributed by atoms with Crippen molar-refractivity contribution in [2.24, 2.45) is 0 Å². The number of hydrogen-bond donors (Lipinski definition) is 1. The third-order valence-corrected chi connectivity index (χ3v) is 5.40. The summed E-state index contributed by atoms with van der Waals surface area (Å²) in [4.78, 5) is 11.0. The molecule has 0 saturated carbocycles. The van der Waals surface area contributed by atoms with Crippen LogP contribution in [-0.2, 0) is 21.2 Å². The van der Waals surface area contributed by atoms with Crippen molar-refractivity contribution in [2.45, 2.75) is 25.2 Å². The predicted molar refractivity (Wildman–Crippen MR) is 89.6 cm³/mol. The average molecular weight is 344 g/mol. The number of aliphatic carboxylic acids is 1. The lowest BCUT2D eigenvalue weighted by molar-refractivity contribution is -0.136. The first-order valence-corrected chi connectivity index (χ1v) is 8.75. The molecule has 0 saturated heterocycles. The van der Waals surface area contributed by atoms with Crippen molar-refractivity contribution < 1.29 is 18.3 Å². The van der Waals surface area contributed by atoms with E-state index in [1.807, 2.05) is 6.92 Å². The minimum absolute atomic E-state index is 0.140. The van der Waals surface area contributed by atoms with Crippen molar-refractivity contribution in [3.63, 3.8) is 0 Å². The summed E-state index contributed by atoms with van der Waals surface area (Å²) >= 11 is 0. The number of fused-ring (bicyclic) bond motifs is 1. The molecule has 0 radical (unpaired) electrons. The zero-order valence-electron chi connectivity index (χ0n) is 13.2. The summed E-state index contributed by atoms with van der Waals surface area (Å²) in [7, 11) is -3.85. The molecule has 0 aliphatic carbocycles. The number of carboxylic acid groups (broad SMARTS) is 1. The Kier molecular flexibility index (Phi) is 3.88. The summed E-state index contributed by atoms with van der Waals surface area (Å²) < 4.78 is 26.8. The lowest BCUT2D eigenvalue weighted by Crippen LogP contribution is -2.14. The van der Waals surface area contributed by atoms with Crippen LogP contribution in [0.1, 0.15) is 16.8 Å². The first-order valence-electron chi connectivity index (χ1n) is 7.31. The van der Waals surface area contributed by atoms with Crippen LogP contribution >= 0.6 is 0 Å². The molecule has 0 fully saturated rings. The second-order valence-electron chi connectivity index (χ2n) is 5.67. The van der Waals surface area contributed by atoms with Gasteiger partial charge < -0.3 is 5.11 Å². The minimum atomic E-state index is -3.85. The van der Waals surface area contributed by atoms with E-state index in [2.05, 4.69) is 5.10 Å². The molecule has 2 aromatic carbocycles. The van der Waals surface area contributed by atoms with Gasteiger partial charge in [-0.05, 0) is 37.6 Å². The van der Waals surface area contributed by atoms with Gasteiger partial charge in [-0.1, -0.05) is 29.8 Å². The Morgan fingerprint density at radius 2 is 1.79 bits per heavy atom. The smallest absolute Gasteiger partial charge is 0.307 e. The van der Waals surface area contributed by atoms with Crippen molar-refractivity contribution in [1.82, 2.24) is 9.19 Å². The maximum atomic E-state index is 12.9. The van der Waals surface area contributed by atoms with Crippen LogP contribution in [0.3, 0.4) is 0 Å². The lowest BCUT2D eigenvalue weighted by atomic mass is 10.1. The van der Waals surface area contributed by atoms with E-state index in [1.165, 1.54) is 12.1 Å². The van der Waals surface area contributed by atoms with Gasteiger partial charge >= 0.3 is 5.97 Å². The van der Waals surface area contributed by atoms with E-state index >= 15 is 0 Å². The van der Waals surface area contributed by atoms with Gasteiger partial charge in [0.2, 0.25) is 0 Å². The molecule has 0 aliphatic heterocycles. The summed E-state index contributed by atoms with van der Waals surface area (Å²) in [6.07, 6.45) is -0.176. The summed E-state index contributed by atoms with van der Waals surface area (Å²) in [5.41, 5.74) is 2.43. The SMILES string of the molecule is Cc1ccc(S(=O)(=O)n2nc(C)c3ccc(CC(=O)O)cc32)cc1. The van der Waals surface area contributed by atoms with Crippen molar-refractivity contribution >= 4 is 26.9 Å². The van der Waals surface area contributed by atoms with Crippen LogP contribution in [0.25, 0.3) is 10.9 Å². The number of nitrogens with zero attached hydrogens (tertiary/aromatic N) is 2. The van der Waals surface area contributed by atoms with Crippen molar-refractivity contribution in [3.05, 3.63) is 59.3 Å². The van der Waals surface area contributed by atoms with E-state index < -0.39 is 16.0 Å². The van der Waals surface area contributed by atoms with E-state index in [-0.39, 0.29) is 11.3 Å². The molecule has 0 spiro atoms. The van der Waals surface area contributed by atoms with Gasteiger partial charge in [0.15, 0.2) is 0 Å². The number of hydrogen-bond acceptors (Lipinski definition) is 4. The highest BCUT2D eigenvalue weighted by molar-refractivity contribution is 7.90. The van der Waals surface area contributed by atoms with Crippen molar-refractivity contribution in [1.29, 1.82) is 0 Å². The molecule has 1 aromatic heterocycles. The zero-order chi connectivity index (χ0) is 17.5. The topological polar surface area (TPSA) is 89.3 Å². The molecule has 0 atom stereocenters. The Hall–Kier alpha value is -2.67. The van der Waals surface area contributed by atoms with Gasteiger partial charge in [0, 0.05) is 5.39 Å². The van der Waals surface area contributed by atoms with Crippen LogP contribution < -0.4 is 0 Å². The Morgan fingerprint density at radius 3 is 2.42 bits per heavy atom. The van der Waals surface area contributed by atoms with Gasteiger partial charge in [0.1, 0.15) is 0 Å². The van der Waals surface area contributed by atoms with E-state index in [1.54, 1.807) is 37.3 Å². The quantitative estimate of drug-likeness (QED) is 0.785. The second-order valence-corrected chi connectivity index (χ2v) is 7.44. The molecule has 7 heteroatoms. The highest BCUT2D eigenvalue weighted by atomic mass is 32.2. The van der Waals surface area contributed by atoms with E-state index in [0.29, 0.717) is 22.2 Å². The van der Waals surface area contributed by atoms with Crippen LogP contribution in [0.15, 0.2) is 47.4 Å². The fourth-order valence-electron chi connectivity index (χ4n) is 2.56. The largest absolute Gasteiger partial charge is 0.481 e. The molecule has 1 heterocycles. The Balaban J connectivity index is 2.21. The van der Waals surface area contributed by atoms with E-state index in [4.69, 9.17) is 5.11 Å². The van der Waals surface area contributed by atoms with Crippen molar-refractivity contribution in [3.8, 4) is 0 Å². The number of aryl methyl sites for hydroxylation is 2. The Bertz CT molecular complexity index is 1030. The first kappa shape index (κ1) is 16.2. The molecule has 1 N–H and O–H groups in total. The van der Waals surface area contributed by atoms with Gasteiger partial charge in [-0.3, -0.25) is 4.79 Å². The van der Waals surface area contributed by atoms with Gasteiger partial charge in [-0.15, -0.1) is 0 Å². The normalized spacial score (nSPS) is 11.8. The van der Waals surface area contributed by atoms with Crippen LogP contribution in [0, 0.1) is 13.8 Å². The minimum Gasteiger partial charge on any atom is -0.481 e. The summed E-state index contributed by atoms with van der Waals surface area (Å²) in [5, 5.41) is 13.8. The average Bonchev–Trinajstić information content (AvgIpc) is 2.84. The number of rotatable bonds is 4. The van der Waals surface area contributed by atoms with Gasteiger partial charge in [0.25, 0.3) is 10.0 Å². The van der Waals surface area contributed by atoms with Crippen LogP contribution in [-0.4, -0.2) is 28.7 Å². The molecule has 0 aliphatic rings. The van der Waals surface area contributed by atoms with Gasteiger partial charge in [-0.2, -0.15) is 17.6 Å². The molecule has 0 amide bonds. The third kappa shape index (κ3) is 2.78. The Morgan fingerprint density at radius 1 is 1.12 bits per heavy atom. The van der Waals surface area contributed by atoms with Crippen LogP contribution in [0.5, 0.6) is 0 Å². The highest BCUT2D eigenvalue weighted by Crippen LogP contribution is 2.24. The maximum absolute atomic E-state index is 12.9. The summed E-state index contributed by atoms with van der Waals surface area (Å²) in [6.45, 7) is 3.60. The Labute approximate surface area is 139 Å². The third-order valence-electron chi connectivity index (χ3n) is 3.80. The summed E-state index contributed by atoms with van der Waals surface area (Å²) in [5.74, 6) is -0.974. The lowest BCUT2D eigenvalue weighted by Gasteiger charge is -2.07. The molecule has 24 heavy (non-hydrogen) atoms. The molecule has 0 unspecified atom stereocenters. The van der Waals surface area contributed by atoms with E-state index in [0.717, 1.165) is 9.65 Å². The molecule has 3 rings (SSSR count). The van der Waals surface area contributed by atoms with Crippen molar-refractivity contribution in [2.75, 3.05) is 0 Å². The number of carbonyl (C=O) groups is 1. The van der Waals surface area contributed by atoms with E-state index in [9.17, 15) is 13.2 Å². The molecular formula is C17H16N2O4S. The summed E-state index contributed by atoms with van der Waals surface area (Å²) in [6, 6.07) is 11.5. The fraction of sp³-hybridized carbons (Fsp3) is 0.176. The zero-order valence-corrected chi connectivity index (χ0v) is 14.0. The number of aromatic nitrogens is 2. The monoisotopic (exact) mass is 344 g/mol. The highest BCUT2D eigenvalue weighted by Gasteiger charge is 2.22.